The molecule has 2 aromatic rings. The Morgan fingerprint density at radius 1 is 1.30 bits per heavy atom. The van der Waals surface area contributed by atoms with E-state index in [1.807, 2.05) is 22.6 Å². The Morgan fingerprint density at radius 2 is 1.96 bits per heavy atom. The van der Waals surface area contributed by atoms with Gasteiger partial charge in [0.1, 0.15) is 5.75 Å². The molecule has 0 atom stereocenters. The molecule has 2 N–H and O–H groups in total. The van der Waals surface area contributed by atoms with Crippen LogP contribution in [0.4, 0.5) is 5.69 Å². The lowest BCUT2D eigenvalue weighted by molar-refractivity contribution is -0.121. The number of carbonyl (C=O) groups excluding carboxylic acids is 1. The molecule has 1 saturated heterocycles. The standard InChI is InChI=1S/C18H12BrIN2O4S/c1-22-16(24)14(8-9-6-12(19)15(23)13(20)7-9)27-18(22)21-11-4-2-10(3-5-11)17(25)26/h2-8,23H,1H3,(H,25,26)/b14-8-,21-18?. The van der Waals surface area contributed by atoms with E-state index in [4.69, 9.17) is 5.11 Å². The van der Waals surface area contributed by atoms with Crippen LogP contribution in [0.15, 0.2) is 50.8 Å². The Labute approximate surface area is 181 Å². The molecule has 1 aliphatic heterocycles. The van der Waals surface area contributed by atoms with E-state index in [1.54, 1.807) is 37.4 Å². The van der Waals surface area contributed by atoms with Crippen LogP contribution >= 0.6 is 50.3 Å². The smallest absolute Gasteiger partial charge is 0.335 e. The molecule has 0 unspecified atom stereocenters. The predicted molar refractivity (Wildman–Crippen MR) is 117 cm³/mol. The van der Waals surface area contributed by atoms with Gasteiger partial charge < -0.3 is 10.2 Å². The number of halogens is 2. The first-order valence-corrected chi connectivity index (χ1v) is 10.2. The van der Waals surface area contributed by atoms with Crippen molar-refractivity contribution in [3.8, 4) is 5.75 Å². The summed E-state index contributed by atoms with van der Waals surface area (Å²) in [5, 5.41) is 19.3. The first-order valence-electron chi connectivity index (χ1n) is 7.54. The topological polar surface area (TPSA) is 90.2 Å². The highest BCUT2D eigenvalue weighted by Gasteiger charge is 2.30. The lowest BCUT2D eigenvalue weighted by Gasteiger charge is -2.07. The molecule has 3 rings (SSSR count). The number of aromatic carboxylic acids is 1. The van der Waals surface area contributed by atoms with E-state index in [0.29, 0.717) is 23.8 Å². The SMILES string of the molecule is CN1C(=O)/C(=C/c2cc(Br)c(O)c(I)c2)SC1=Nc1ccc(C(=O)O)cc1. The number of amidine groups is 1. The van der Waals surface area contributed by atoms with Crippen molar-refractivity contribution >= 4 is 79.1 Å². The summed E-state index contributed by atoms with van der Waals surface area (Å²) >= 11 is 6.55. The molecule has 1 heterocycles. The third kappa shape index (κ3) is 4.36. The third-order valence-electron chi connectivity index (χ3n) is 3.68. The first-order chi connectivity index (χ1) is 12.8. The minimum atomic E-state index is -1.00. The van der Waals surface area contributed by atoms with Crippen molar-refractivity contribution < 1.29 is 19.8 Å². The molecule has 0 bridgehead atoms. The summed E-state index contributed by atoms with van der Waals surface area (Å²) in [6, 6.07) is 9.64. The summed E-state index contributed by atoms with van der Waals surface area (Å²) in [4.78, 5) is 29.8. The fourth-order valence-corrected chi connectivity index (χ4v) is 4.75. The number of phenols is 1. The number of likely N-dealkylation sites (N-methyl/N-ethyl adjacent to an activating group) is 1. The number of nitrogens with zero attached hydrogens (tertiary/aromatic N) is 2. The Balaban J connectivity index is 1.89. The van der Waals surface area contributed by atoms with Crippen LogP contribution in [-0.4, -0.2) is 39.2 Å². The van der Waals surface area contributed by atoms with Crippen LogP contribution < -0.4 is 0 Å². The van der Waals surface area contributed by atoms with Crippen molar-refractivity contribution in [1.29, 1.82) is 0 Å². The summed E-state index contributed by atoms with van der Waals surface area (Å²) in [7, 11) is 1.64. The highest BCUT2D eigenvalue weighted by Crippen LogP contribution is 2.35. The summed E-state index contributed by atoms with van der Waals surface area (Å²) in [5.41, 5.74) is 1.52. The summed E-state index contributed by atoms with van der Waals surface area (Å²) in [6.45, 7) is 0. The fraction of sp³-hybridized carbons (Fsp3) is 0.0556. The molecule has 9 heteroatoms. The van der Waals surface area contributed by atoms with E-state index in [0.717, 1.165) is 5.56 Å². The molecular weight excluding hydrogens is 547 g/mol. The molecule has 1 amide bonds. The van der Waals surface area contributed by atoms with E-state index in [2.05, 4.69) is 20.9 Å². The second kappa shape index (κ2) is 8.03. The van der Waals surface area contributed by atoms with Gasteiger partial charge in [-0.05, 0) is 98.3 Å². The largest absolute Gasteiger partial charge is 0.506 e. The van der Waals surface area contributed by atoms with Gasteiger partial charge in [-0.2, -0.15) is 0 Å². The molecule has 0 aromatic heterocycles. The Hall–Kier alpha value is -1.85. The highest BCUT2D eigenvalue weighted by atomic mass is 127. The van der Waals surface area contributed by atoms with Crippen molar-refractivity contribution in [1.82, 2.24) is 4.90 Å². The molecule has 138 valence electrons. The molecule has 1 aliphatic rings. The predicted octanol–water partition coefficient (Wildman–Crippen LogP) is 4.69. The molecule has 1 fully saturated rings. The van der Waals surface area contributed by atoms with Crippen LogP contribution in [-0.2, 0) is 4.79 Å². The molecular formula is C18H12BrIN2O4S. The second-order valence-electron chi connectivity index (χ2n) is 5.55. The first kappa shape index (κ1) is 19.9. The number of benzene rings is 2. The van der Waals surface area contributed by atoms with Gasteiger partial charge in [0.25, 0.3) is 5.91 Å². The van der Waals surface area contributed by atoms with Gasteiger partial charge in [-0.25, -0.2) is 9.79 Å². The van der Waals surface area contributed by atoms with Gasteiger partial charge in [0.15, 0.2) is 5.17 Å². The summed E-state index contributed by atoms with van der Waals surface area (Å²) < 4.78 is 1.22. The van der Waals surface area contributed by atoms with Crippen molar-refractivity contribution in [2.45, 2.75) is 0 Å². The Kier molecular flexibility index (Phi) is 5.92. The van der Waals surface area contributed by atoms with Crippen LogP contribution in [0.5, 0.6) is 5.75 Å². The lowest BCUT2D eigenvalue weighted by atomic mass is 10.2. The quantitative estimate of drug-likeness (QED) is 0.421. The van der Waals surface area contributed by atoms with E-state index in [-0.39, 0.29) is 17.2 Å². The fourth-order valence-electron chi connectivity index (χ4n) is 2.26. The highest BCUT2D eigenvalue weighted by molar-refractivity contribution is 14.1. The average molecular weight is 559 g/mol. The number of carbonyl (C=O) groups is 2. The molecule has 0 aliphatic carbocycles. The molecule has 2 aromatic carbocycles. The zero-order chi connectivity index (χ0) is 19.7. The van der Waals surface area contributed by atoms with Gasteiger partial charge in [-0.3, -0.25) is 9.69 Å². The number of hydrogen-bond donors (Lipinski definition) is 2. The molecule has 0 spiro atoms. The second-order valence-corrected chi connectivity index (χ2v) is 8.58. The van der Waals surface area contributed by atoms with E-state index in [1.165, 1.54) is 28.8 Å². The maximum Gasteiger partial charge on any atom is 0.335 e. The number of hydrogen-bond acceptors (Lipinski definition) is 5. The number of amides is 1. The number of carboxylic acids is 1. The molecule has 0 radical (unpaired) electrons. The zero-order valence-corrected chi connectivity index (χ0v) is 18.4. The number of phenolic OH excluding ortho intramolecular Hbond substituents is 1. The maximum absolute atomic E-state index is 12.5. The van der Waals surface area contributed by atoms with Crippen LogP contribution in [0.2, 0.25) is 0 Å². The monoisotopic (exact) mass is 558 g/mol. The maximum atomic E-state index is 12.5. The van der Waals surface area contributed by atoms with E-state index < -0.39 is 5.97 Å². The van der Waals surface area contributed by atoms with Crippen LogP contribution in [0.1, 0.15) is 15.9 Å². The third-order valence-corrected chi connectivity index (χ3v) is 6.17. The van der Waals surface area contributed by atoms with Crippen molar-refractivity contribution in [3.05, 3.63) is 60.5 Å². The van der Waals surface area contributed by atoms with Gasteiger partial charge in [-0.1, -0.05) is 0 Å². The zero-order valence-electron chi connectivity index (χ0n) is 13.8. The van der Waals surface area contributed by atoms with Crippen LogP contribution in [0.25, 0.3) is 6.08 Å². The van der Waals surface area contributed by atoms with E-state index in [9.17, 15) is 14.7 Å². The normalized spacial score (nSPS) is 17.1. The van der Waals surface area contributed by atoms with Crippen molar-refractivity contribution in [2.75, 3.05) is 7.05 Å². The average Bonchev–Trinajstić information content (AvgIpc) is 2.88. The van der Waals surface area contributed by atoms with Crippen molar-refractivity contribution in [2.24, 2.45) is 4.99 Å². The number of aliphatic imine (C=N–C) groups is 1. The minimum absolute atomic E-state index is 0.160. The summed E-state index contributed by atoms with van der Waals surface area (Å²) in [5.74, 6) is -1.02. The number of carboxylic acid groups (broad SMARTS) is 1. The van der Waals surface area contributed by atoms with E-state index >= 15 is 0 Å². The Morgan fingerprint density at radius 3 is 2.56 bits per heavy atom. The number of aromatic hydroxyl groups is 1. The van der Waals surface area contributed by atoms with Gasteiger partial charge >= 0.3 is 5.97 Å². The molecule has 6 nitrogen and oxygen atoms in total. The van der Waals surface area contributed by atoms with Gasteiger partial charge in [-0.15, -0.1) is 0 Å². The molecule has 0 saturated carbocycles. The minimum Gasteiger partial charge on any atom is -0.506 e. The number of thioether (sulfide) groups is 1. The van der Waals surface area contributed by atoms with Crippen LogP contribution in [0, 0.1) is 3.57 Å². The molecule has 27 heavy (non-hydrogen) atoms. The van der Waals surface area contributed by atoms with Gasteiger partial charge in [0, 0.05) is 7.05 Å². The number of rotatable bonds is 3. The lowest BCUT2D eigenvalue weighted by Crippen LogP contribution is -2.23. The Bertz CT molecular complexity index is 982. The van der Waals surface area contributed by atoms with Gasteiger partial charge in [0.05, 0.1) is 24.2 Å². The van der Waals surface area contributed by atoms with Crippen LogP contribution in [0.3, 0.4) is 0 Å². The summed E-state index contributed by atoms with van der Waals surface area (Å²) in [6.07, 6.45) is 1.74. The van der Waals surface area contributed by atoms with Crippen molar-refractivity contribution in [3.63, 3.8) is 0 Å². The van der Waals surface area contributed by atoms with Gasteiger partial charge in [0.2, 0.25) is 0 Å².